The van der Waals surface area contributed by atoms with E-state index in [1.165, 1.54) is 7.11 Å². The number of piperidine rings is 1. The first-order valence-corrected chi connectivity index (χ1v) is 10.5. The summed E-state index contributed by atoms with van der Waals surface area (Å²) in [5, 5.41) is 1.73. The third-order valence-corrected chi connectivity index (χ3v) is 5.28. The Morgan fingerprint density at radius 1 is 1.35 bits per heavy atom. The van der Waals surface area contributed by atoms with Gasteiger partial charge >= 0.3 is 0 Å². The second-order valence-corrected chi connectivity index (χ2v) is 8.34. The van der Waals surface area contributed by atoms with E-state index in [2.05, 4.69) is 9.71 Å². The highest BCUT2D eigenvalue weighted by Crippen LogP contribution is 2.26. The Morgan fingerprint density at radius 2 is 2.12 bits per heavy atom. The lowest BCUT2D eigenvalue weighted by atomic mass is 10.0. The molecule has 140 valence electrons. The predicted octanol–water partition coefficient (Wildman–Crippen LogP) is 1.79. The topological polar surface area (TPSA) is 88.6 Å². The largest absolute Gasteiger partial charge is 0.481 e. The number of nitrogens with one attached hydrogen (secondary N) is 1. The number of ether oxygens (including phenoxy) is 1. The number of aromatic nitrogens is 1. The molecule has 1 atom stereocenters. The summed E-state index contributed by atoms with van der Waals surface area (Å²) in [5.74, 6) is 0.211. The molecule has 1 fully saturated rings. The smallest absolute Gasteiger partial charge is 0.272 e. The number of carbonyl (C=O) groups is 1. The second kappa shape index (κ2) is 7.59. The molecule has 2 heterocycles. The maximum Gasteiger partial charge on any atom is 0.272 e. The van der Waals surface area contributed by atoms with Crippen molar-refractivity contribution >= 4 is 26.7 Å². The fourth-order valence-electron chi connectivity index (χ4n) is 3.31. The maximum atomic E-state index is 13.1. The predicted molar refractivity (Wildman–Crippen MR) is 99.8 cm³/mol. The number of hydrogen-bond donors (Lipinski definition) is 1. The molecule has 0 unspecified atom stereocenters. The standard InChI is InChI=1S/C18H23N3O4S/c1-25-17-15-9-4-3-7-13(15)11-16(20-17)18(22)21-10-6-5-8-14(21)12-19-26(2,23)24/h3-4,7,9,11,14,19H,5-6,8,10,12H2,1-2H3/t14-/m0/s1. The average Bonchev–Trinajstić information content (AvgIpc) is 2.64. The minimum absolute atomic E-state index is 0.176. The Labute approximate surface area is 153 Å². The summed E-state index contributed by atoms with van der Waals surface area (Å²) in [6.07, 6.45) is 3.75. The number of sulfonamides is 1. The first-order valence-electron chi connectivity index (χ1n) is 8.58. The van der Waals surface area contributed by atoms with E-state index in [4.69, 9.17) is 4.74 Å². The monoisotopic (exact) mass is 377 g/mol. The minimum Gasteiger partial charge on any atom is -0.481 e. The van der Waals surface area contributed by atoms with Crippen molar-refractivity contribution in [1.29, 1.82) is 0 Å². The Hall–Kier alpha value is -2.19. The van der Waals surface area contributed by atoms with Crippen LogP contribution in [0.2, 0.25) is 0 Å². The first kappa shape index (κ1) is 18.6. The lowest BCUT2D eigenvalue weighted by Gasteiger charge is -2.35. The van der Waals surface area contributed by atoms with Crippen LogP contribution in [0.5, 0.6) is 5.88 Å². The fraction of sp³-hybridized carbons (Fsp3) is 0.444. The Kier molecular flexibility index (Phi) is 5.43. The first-order chi connectivity index (χ1) is 12.4. The van der Waals surface area contributed by atoms with Gasteiger partial charge in [0.05, 0.1) is 13.4 Å². The van der Waals surface area contributed by atoms with Crippen LogP contribution in [-0.2, 0) is 10.0 Å². The SMILES string of the molecule is COc1nc(C(=O)N2CCCC[C@H]2CNS(C)(=O)=O)cc2ccccc12. The summed E-state index contributed by atoms with van der Waals surface area (Å²) in [6.45, 7) is 0.807. The quantitative estimate of drug-likeness (QED) is 0.858. The van der Waals surface area contributed by atoms with Crippen LogP contribution in [0.1, 0.15) is 29.8 Å². The van der Waals surface area contributed by atoms with Gasteiger partial charge in [-0.25, -0.2) is 18.1 Å². The number of rotatable bonds is 5. The van der Waals surface area contributed by atoms with Gasteiger partial charge in [-0.15, -0.1) is 0 Å². The number of nitrogens with zero attached hydrogens (tertiary/aromatic N) is 2. The molecular weight excluding hydrogens is 354 g/mol. The number of benzene rings is 1. The maximum absolute atomic E-state index is 13.1. The molecule has 1 amide bonds. The van der Waals surface area contributed by atoms with Crippen LogP contribution in [0, 0.1) is 0 Å². The molecule has 1 N–H and O–H groups in total. The molecule has 2 aromatic rings. The molecule has 1 saturated heterocycles. The summed E-state index contributed by atoms with van der Waals surface area (Å²) in [6, 6.07) is 9.19. The highest BCUT2D eigenvalue weighted by molar-refractivity contribution is 7.88. The van der Waals surface area contributed by atoms with Crippen molar-refractivity contribution < 1.29 is 17.9 Å². The normalized spacial score (nSPS) is 18.1. The zero-order valence-electron chi connectivity index (χ0n) is 14.9. The van der Waals surface area contributed by atoms with E-state index >= 15 is 0 Å². The summed E-state index contributed by atoms with van der Waals surface area (Å²) in [5.41, 5.74) is 0.312. The summed E-state index contributed by atoms with van der Waals surface area (Å²) in [4.78, 5) is 19.2. The fourth-order valence-corrected chi connectivity index (χ4v) is 3.80. The number of hydrogen-bond acceptors (Lipinski definition) is 5. The minimum atomic E-state index is -3.30. The lowest BCUT2D eigenvalue weighted by molar-refractivity contribution is 0.0612. The van der Waals surface area contributed by atoms with Gasteiger partial charge in [-0.2, -0.15) is 0 Å². The van der Waals surface area contributed by atoms with E-state index in [0.29, 0.717) is 18.1 Å². The number of pyridine rings is 1. The molecular formula is C18H23N3O4S. The van der Waals surface area contributed by atoms with E-state index in [9.17, 15) is 13.2 Å². The molecule has 0 aliphatic carbocycles. The molecule has 0 saturated carbocycles. The molecule has 7 nitrogen and oxygen atoms in total. The van der Waals surface area contributed by atoms with Crippen molar-refractivity contribution in [2.45, 2.75) is 25.3 Å². The third kappa shape index (κ3) is 4.13. The molecule has 8 heteroatoms. The van der Waals surface area contributed by atoms with Crippen molar-refractivity contribution in [3.05, 3.63) is 36.0 Å². The van der Waals surface area contributed by atoms with Crippen LogP contribution < -0.4 is 9.46 Å². The second-order valence-electron chi connectivity index (χ2n) is 6.51. The molecule has 3 rings (SSSR count). The van der Waals surface area contributed by atoms with Gasteiger partial charge in [-0.1, -0.05) is 18.2 Å². The number of amides is 1. The third-order valence-electron chi connectivity index (χ3n) is 4.59. The number of fused-ring (bicyclic) bond motifs is 1. The molecule has 1 aromatic heterocycles. The van der Waals surface area contributed by atoms with Crippen molar-refractivity contribution in [3.8, 4) is 5.88 Å². The van der Waals surface area contributed by atoms with Crippen LogP contribution in [0.3, 0.4) is 0 Å². The molecule has 0 radical (unpaired) electrons. The van der Waals surface area contributed by atoms with Crippen LogP contribution >= 0.6 is 0 Å². The molecule has 1 aliphatic heterocycles. The van der Waals surface area contributed by atoms with Gasteiger partial charge < -0.3 is 9.64 Å². The van der Waals surface area contributed by atoms with Gasteiger partial charge in [0.25, 0.3) is 5.91 Å². The highest BCUT2D eigenvalue weighted by atomic mass is 32.2. The molecule has 0 bridgehead atoms. The number of likely N-dealkylation sites (tertiary alicyclic amines) is 1. The van der Waals surface area contributed by atoms with Gasteiger partial charge in [0, 0.05) is 24.5 Å². The van der Waals surface area contributed by atoms with Crippen LogP contribution in [-0.4, -0.2) is 56.7 Å². The Balaban J connectivity index is 1.90. The lowest BCUT2D eigenvalue weighted by Crippen LogP contribution is -2.49. The molecule has 1 aromatic carbocycles. The van der Waals surface area contributed by atoms with E-state index in [1.54, 1.807) is 11.0 Å². The summed E-state index contributed by atoms with van der Waals surface area (Å²) < 4.78 is 30.7. The van der Waals surface area contributed by atoms with Gasteiger partial charge in [0.15, 0.2) is 0 Å². The summed E-state index contributed by atoms with van der Waals surface area (Å²) >= 11 is 0. The van der Waals surface area contributed by atoms with E-state index < -0.39 is 10.0 Å². The zero-order valence-corrected chi connectivity index (χ0v) is 15.8. The van der Waals surface area contributed by atoms with Crippen molar-refractivity contribution in [3.63, 3.8) is 0 Å². The van der Waals surface area contributed by atoms with Crippen molar-refractivity contribution in [1.82, 2.24) is 14.6 Å². The van der Waals surface area contributed by atoms with Crippen molar-refractivity contribution in [2.75, 3.05) is 26.5 Å². The van der Waals surface area contributed by atoms with Crippen LogP contribution in [0.25, 0.3) is 10.8 Å². The van der Waals surface area contributed by atoms with Crippen molar-refractivity contribution in [2.24, 2.45) is 0 Å². The van der Waals surface area contributed by atoms with Crippen LogP contribution in [0.4, 0.5) is 0 Å². The number of methoxy groups -OCH3 is 1. The van der Waals surface area contributed by atoms with Gasteiger partial charge in [0.1, 0.15) is 5.69 Å². The zero-order chi connectivity index (χ0) is 18.7. The highest BCUT2D eigenvalue weighted by Gasteiger charge is 2.29. The molecule has 1 aliphatic rings. The van der Waals surface area contributed by atoms with Gasteiger partial charge in [-0.05, 0) is 36.8 Å². The Bertz CT molecular complexity index is 914. The Morgan fingerprint density at radius 3 is 2.85 bits per heavy atom. The number of carbonyl (C=O) groups excluding carboxylic acids is 1. The van der Waals surface area contributed by atoms with Gasteiger partial charge in [0.2, 0.25) is 15.9 Å². The summed E-state index contributed by atoms with van der Waals surface area (Å²) in [7, 11) is -1.77. The molecule has 26 heavy (non-hydrogen) atoms. The van der Waals surface area contributed by atoms with E-state index in [1.807, 2.05) is 24.3 Å². The average molecular weight is 377 g/mol. The van der Waals surface area contributed by atoms with Gasteiger partial charge in [-0.3, -0.25) is 4.79 Å². The molecule has 0 spiro atoms. The van der Waals surface area contributed by atoms with E-state index in [-0.39, 0.29) is 18.5 Å². The van der Waals surface area contributed by atoms with Crippen LogP contribution in [0.15, 0.2) is 30.3 Å². The van der Waals surface area contributed by atoms with E-state index in [0.717, 1.165) is 36.3 Å².